The van der Waals surface area contributed by atoms with Crippen molar-refractivity contribution >= 4 is 17.7 Å². The molecule has 1 heterocycles. The highest BCUT2D eigenvalue weighted by Crippen LogP contribution is 2.39. The number of amides is 1. The first-order valence-corrected chi connectivity index (χ1v) is 8.46. The summed E-state index contributed by atoms with van der Waals surface area (Å²) in [6, 6.07) is 14.8. The van der Waals surface area contributed by atoms with E-state index >= 15 is 0 Å². The Bertz CT molecular complexity index is 654. The second kappa shape index (κ2) is 6.53. The minimum atomic E-state index is -0.252. The molecule has 0 spiro atoms. The average molecular weight is 315 g/mol. The summed E-state index contributed by atoms with van der Waals surface area (Å²) in [6.07, 6.45) is 1.01. The maximum Gasteiger partial charge on any atom is 0.234 e. The molecule has 4 heteroatoms. The van der Waals surface area contributed by atoms with Crippen LogP contribution in [-0.4, -0.2) is 16.6 Å². The summed E-state index contributed by atoms with van der Waals surface area (Å²) in [6.45, 7) is 2.65. The Morgan fingerprint density at radius 3 is 2.36 bits per heavy atom. The minimum absolute atomic E-state index is 0.0449. The van der Waals surface area contributed by atoms with Gasteiger partial charge in [-0.25, -0.2) is 4.39 Å². The summed E-state index contributed by atoms with van der Waals surface area (Å²) in [5.74, 6) is 0.387. The van der Waals surface area contributed by atoms with E-state index in [4.69, 9.17) is 0 Å². The molecule has 22 heavy (non-hydrogen) atoms. The third-order valence-corrected chi connectivity index (χ3v) is 5.16. The maximum atomic E-state index is 13.0. The molecule has 0 aromatic heterocycles. The first kappa shape index (κ1) is 15.1. The van der Waals surface area contributed by atoms with E-state index in [1.165, 1.54) is 17.7 Å². The molecule has 0 bridgehead atoms. The lowest BCUT2D eigenvalue weighted by atomic mass is 10.1. The largest absolute Gasteiger partial charge is 0.322 e. The van der Waals surface area contributed by atoms with Gasteiger partial charge < -0.3 is 4.90 Å². The minimum Gasteiger partial charge on any atom is -0.322 e. The van der Waals surface area contributed by atoms with Gasteiger partial charge in [-0.3, -0.25) is 4.79 Å². The highest BCUT2D eigenvalue weighted by molar-refractivity contribution is 8.00. The molecule has 0 radical (unpaired) electrons. The molecule has 1 aliphatic heterocycles. The molecule has 2 aromatic rings. The van der Waals surface area contributed by atoms with E-state index in [2.05, 4.69) is 31.2 Å². The maximum absolute atomic E-state index is 13.0. The number of carbonyl (C=O) groups is 1. The Labute approximate surface area is 134 Å². The molecule has 0 saturated carbocycles. The van der Waals surface area contributed by atoms with E-state index in [1.807, 2.05) is 4.90 Å². The molecule has 1 unspecified atom stereocenters. The predicted octanol–water partition coefficient (Wildman–Crippen LogP) is 4.16. The Kier molecular flexibility index (Phi) is 4.48. The Morgan fingerprint density at radius 1 is 1.09 bits per heavy atom. The molecule has 0 N–H and O–H groups in total. The number of aryl methyl sites for hydroxylation is 1. The number of rotatable bonds is 4. The fourth-order valence-corrected chi connectivity index (χ4v) is 3.79. The van der Waals surface area contributed by atoms with E-state index in [9.17, 15) is 9.18 Å². The number of nitrogens with zero attached hydrogens (tertiary/aromatic N) is 1. The zero-order valence-corrected chi connectivity index (χ0v) is 13.3. The van der Waals surface area contributed by atoms with Gasteiger partial charge in [-0.15, -0.1) is 11.8 Å². The van der Waals surface area contributed by atoms with Crippen LogP contribution in [0.25, 0.3) is 0 Å². The molecule has 114 valence electrons. The first-order valence-electron chi connectivity index (χ1n) is 7.41. The van der Waals surface area contributed by atoms with Crippen LogP contribution < -0.4 is 0 Å². The summed E-state index contributed by atoms with van der Waals surface area (Å²) < 4.78 is 13.0. The van der Waals surface area contributed by atoms with Crippen LogP contribution in [0.2, 0.25) is 0 Å². The summed E-state index contributed by atoms with van der Waals surface area (Å²) in [5.41, 5.74) is 3.39. The van der Waals surface area contributed by atoms with Crippen LogP contribution >= 0.6 is 11.8 Å². The lowest BCUT2D eigenvalue weighted by Crippen LogP contribution is -2.27. The monoisotopic (exact) mass is 315 g/mol. The molecule has 1 amide bonds. The van der Waals surface area contributed by atoms with E-state index < -0.39 is 0 Å². The van der Waals surface area contributed by atoms with Gasteiger partial charge in [0.25, 0.3) is 0 Å². The van der Waals surface area contributed by atoms with Crippen molar-refractivity contribution < 1.29 is 9.18 Å². The van der Waals surface area contributed by atoms with Gasteiger partial charge in [0.15, 0.2) is 0 Å². The van der Waals surface area contributed by atoms with Gasteiger partial charge in [0.05, 0.1) is 5.75 Å². The summed E-state index contributed by atoms with van der Waals surface area (Å²) in [4.78, 5) is 14.1. The molecule has 1 aliphatic rings. The van der Waals surface area contributed by atoms with Gasteiger partial charge in [0.1, 0.15) is 11.2 Å². The molecule has 2 aromatic carbocycles. The normalized spacial score (nSPS) is 18.0. The molecular weight excluding hydrogens is 297 g/mol. The second-order valence-electron chi connectivity index (χ2n) is 5.41. The highest BCUT2D eigenvalue weighted by Gasteiger charge is 2.32. The molecular formula is C18H18FNOS. The van der Waals surface area contributed by atoms with Crippen molar-refractivity contribution in [2.75, 3.05) is 5.75 Å². The summed E-state index contributed by atoms with van der Waals surface area (Å²) in [7, 11) is 0. The summed E-state index contributed by atoms with van der Waals surface area (Å²) in [5, 5.41) is 0.0449. The van der Waals surface area contributed by atoms with Crippen molar-refractivity contribution in [2.24, 2.45) is 0 Å². The van der Waals surface area contributed by atoms with Crippen LogP contribution in [-0.2, 0) is 17.8 Å². The SMILES string of the molecule is CCc1ccc(C2SCC(=O)N2Cc2ccc(F)cc2)cc1. The van der Waals surface area contributed by atoms with E-state index in [-0.39, 0.29) is 17.1 Å². The van der Waals surface area contributed by atoms with Crippen LogP contribution in [0.15, 0.2) is 48.5 Å². The van der Waals surface area contributed by atoms with Crippen LogP contribution in [0.4, 0.5) is 4.39 Å². The molecule has 2 nitrogen and oxygen atoms in total. The molecule has 1 fully saturated rings. The van der Waals surface area contributed by atoms with Gasteiger partial charge >= 0.3 is 0 Å². The van der Waals surface area contributed by atoms with Gasteiger partial charge in [0.2, 0.25) is 5.91 Å². The fraction of sp³-hybridized carbons (Fsp3) is 0.278. The number of hydrogen-bond acceptors (Lipinski definition) is 2. The molecule has 3 rings (SSSR count). The second-order valence-corrected chi connectivity index (χ2v) is 6.48. The van der Waals surface area contributed by atoms with Crippen molar-refractivity contribution in [3.05, 3.63) is 71.0 Å². The molecule has 1 saturated heterocycles. The predicted molar refractivity (Wildman–Crippen MR) is 88.0 cm³/mol. The number of carbonyl (C=O) groups excluding carboxylic acids is 1. The average Bonchev–Trinajstić information content (AvgIpc) is 2.91. The zero-order valence-electron chi connectivity index (χ0n) is 12.5. The number of halogens is 1. The Morgan fingerprint density at radius 2 is 1.73 bits per heavy atom. The van der Waals surface area contributed by atoms with Crippen molar-refractivity contribution in [3.8, 4) is 0 Å². The Hall–Kier alpha value is -1.81. The van der Waals surface area contributed by atoms with Crippen molar-refractivity contribution in [1.29, 1.82) is 0 Å². The smallest absolute Gasteiger partial charge is 0.234 e. The standard InChI is InChI=1S/C18H18FNOS/c1-2-13-3-7-15(8-4-13)18-20(17(21)12-22-18)11-14-5-9-16(19)10-6-14/h3-10,18H,2,11-12H2,1H3. The number of hydrogen-bond donors (Lipinski definition) is 0. The zero-order chi connectivity index (χ0) is 15.5. The molecule has 0 aliphatic carbocycles. The van der Waals surface area contributed by atoms with Crippen LogP contribution in [0, 0.1) is 5.82 Å². The fourth-order valence-electron chi connectivity index (χ4n) is 2.61. The van der Waals surface area contributed by atoms with Crippen molar-refractivity contribution in [2.45, 2.75) is 25.3 Å². The quantitative estimate of drug-likeness (QED) is 0.844. The van der Waals surface area contributed by atoms with Gasteiger partial charge in [-0.2, -0.15) is 0 Å². The third kappa shape index (κ3) is 3.17. The summed E-state index contributed by atoms with van der Waals surface area (Å²) >= 11 is 1.65. The van der Waals surface area contributed by atoms with Gasteiger partial charge in [0, 0.05) is 6.54 Å². The van der Waals surface area contributed by atoms with Crippen molar-refractivity contribution in [1.82, 2.24) is 4.90 Å². The number of benzene rings is 2. The van der Waals surface area contributed by atoms with E-state index in [0.29, 0.717) is 12.3 Å². The van der Waals surface area contributed by atoms with Crippen LogP contribution in [0.1, 0.15) is 29.0 Å². The van der Waals surface area contributed by atoms with Gasteiger partial charge in [-0.1, -0.05) is 43.3 Å². The topological polar surface area (TPSA) is 20.3 Å². The van der Waals surface area contributed by atoms with Gasteiger partial charge in [-0.05, 0) is 35.2 Å². The molecule has 1 atom stereocenters. The van der Waals surface area contributed by atoms with E-state index in [1.54, 1.807) is 23.9 Å². The lowest BCUT2D eigenvalue weighted by molar-refractivity contribution is -0.128. The van der Waals surface area contributed by atoms with Crippen molar-refractivity contribution in [3.63, 3.8) is 0 Å². The third-order valence-electron chi connectivity index (χ3n) is 3.91. The lowest BCUT2D eigenvalue weighted by Gasteiger charge is -2.24. The van der Waals surface area contributed by atoms with Crippen LogP contribution in [0.3, 0.4) is 0 Å². The highest BCUT2D eigenvalue weighted by atomic mass is 32.2. The number of thioether (sulfide) groups is 1. The Balaban J connectivity index is 1.80. The van der Waals surface area contributed by atoms with Crippen LogP contribution in [0.5, 0.6) is 0 Å². The first-order chi connectivity index (χ1) is 10.7. The van der Waals surface area contributed by atoms with E-state index in [0.717, 1.165) is 17.5 Å².